The van der Waals surface area contributed by atoms with Crippen LogP contribution in [-0.4, -0.2) is 42.3 Å². The molecule has 0 aliphatic heterocycles. The number of nitrogens with zero attached hydrogens (tertiary/aromatic N) is 2. The number of carbonyl (C=O) groups excluding carboxylic acids is 1. The van der Waals surface area contributed by atoms with Gasteiger partial charge in [0, 0.05) is 32.9 Å². The molecule has 0 aromatic carbocycles. The number of rotatable bonds is 10. The number of amides is 1. The minimum absolute atomic E-state index is 0.0322. The molecule has 2 N–H and O–H groups in total. The Morgan fingerprint density at radius 1 is 1.47 bits per heavy atom. The summed E-state index contributed by atoms with van der Waals surface area (Å²) in [5.74, 6) is 0.0322. The molecule has 0 bridgehead atoms. The van der Waals surface area contributed by atoms with Crippen LogP contribution in [0, 0.1) is 0 Å². The second kappa shape index (κ2) is 9.52. The van der Waals surface area contributed by atoms with E-state index in [-0.39, 0.29) is 5.91 Å². The summed E-state index contributed by atoms with van der Waals surface area (Å²) in [5.41, 5.74) is 0.928. The molecule has 108 valence electrons. The van der Waals surface area contributed by atoms with E-state index in [9.17, 15) is 4.79 Å². The van der Waals surface area contributed by atoms with E-state index in [1.54, 1.807) is 18.0 Å². The van der Waals surface area contributed by atoms with E-state index in [1.165, 1.54) is 0 Å². The Morgan fingerprint density at radius 2 is 2.32 bits per heavy atom. The van der Waals surface area contributed by atoms with Crippen LogP contribution in [0.3, 0.4) is 0 Å². The first-order valence-electron chi connectivity index (χ1n) is 6.73. The number of hydrogen-bond acceptors (Lipinski definition) is 4. The van der Waals surface area contributed by atoms with Gasteiger partial charge in [-0.2, -0.15) is 0 Å². The van der Waals surface area contributed by atoms with Crippen molar-refractivity contribution in [2.45, 2.75) is 32.9 Å². The lowest BCUT2D eigenvalue weighted by Crippen LogP contribution is -2.27. The van der Waals surface area contributed by atoms with Crippen LogP contribution in [0.5, 0.6) is 0 Å². The number of carbonyl (C=O) groups is 1. The normalized spacial score (nSPS) is 10.6. The first-order chi connectivity index (χ1) is 9.26. The van der Waals surface area contributed by atoms with Crippen molar-refractivity contribution in [1.82, 2.24) is 20.2 Å². The summed E-state index contributed by atoms with van der Waals surface area (Å²) in [6, 6.07) is 0. The zero-order chi connectivity index (χ0) is 13.9. The van der Waals surface area contributed by atoms with Gasteiger partial charge in [0.2, 0.25) is 5.91 Å². The van der Waals surface area contributed by atoms with Crippen LogP contribution in [0.4, 0.5) is 0 Å². The third kappa shape index (κ3) is 6.93. The van der Waals surface area contributed by atoms with Crippen molar-refractivity contribution in [2.24, 2.45) is 0 Å². The third-order valence-electron chi connectivity index (χ3n) is 2.65. The maximum atomic E-state index is 11.6. The lowest BCUT2D eigenvalue weighted by atomic mass is 10.3. The van der Waals surface area contributed by atoms with Crippen LogP contribution in [0.1, 0.15) is 25.5 Å². The maximum absolute atomic E-state index is 11.6. The van der Waals surface area contributed by atoms with Gasteiger partial charge in [0.25, 0.3) is 0 Å². The van der Waals surface area contributed by atoms with Crippen molar-refractivity contribution in [3.05, 3.63) is 18.2 Å². The van der Waals surface area contributed by atoms with Gasteiger partial charge < -0.3 is 19.9 Å². The van der Waals surface area contributed by atoms with Crippen LogP contribution < -0.4 is 10.6 Å². The molecule has 0 aliphatic carbocycles. The Balaban J connectivity index is 2.24. The van der Waals surface area contributed by atoms with Crippen molar-refractivity contribution < 1.29 is 9.53 Å². The molecule has 1 amide bonds. The summed E-state index contributed by atoms with van der Waals surface area (Å²) >= 11 is 0. The van der Waals surface area contributed by atoms with Gasteiger partial charge in [0.15, 0.2) is 0 Å². The van der Waals surface area contributed by atoms with Gasteiger partial charge in [-0.1, -0.05) is 13.3 Å². The van der Waals surface area contributed by atoms with Crippen LogP contribution >= 0.6 is 0 Å². The highest BCUT2D eigenvalue weighted by molar-refractivity contribution is 5.75. The van der Waals surface area contributed by atoms with E-state index in [0.29, 0.717) is 19.7 Å². The van der Waals surface area contributed by atoms with Gasteiger partial charge in [0.05, 0.1) is 18.6 Å². The van der Waals surface area contributed by atoms with Crippen molar-refractivity contribution >= 4 is 5.91 Å². The second-order valence-electron chi connectivity index (χ2n) is 4.41. The smallest absolute Gasteiger partial charge is 0.239 e. The Kier molecular flexibility index (Phi) is 7.84. The van der Waals surface area contributed by atoms with E-state index >= 15 is 0 Å². The Bertz CT molecular complexity index is 365. The average Bonchev–Trinajstić information content (AvgIpc) is 2.82. The summed E-state index contributed by atoms with van der Waals surface area (Å²) in [5, 5.41) is 6.09. The third-order valence-corrected chi connectivity index (χ3v) is 2.65. The molecular formula is C13H24N4O2. The van der Waals surface area contributed by atoms with Crippen molar-refractivity contribution in [2.75, 3.05) is 26.8 Å². The zero-order valence-corrected chi connectivity index (χ0v) is 11.8. The molecular weight excluding hydrogens is 244 g/mol. The van der Waals surface area contributed by atoms with E-state index in [1.807, 2.05) is 6.20 Å². The fraction of sp³-hybridized carbons (Fsp3) is 0.692. The van der Waals surface area contributed by atoms with Crippen molar-refractivity contribution in [3.63, 3.8) is 0 Å². The predicted molar refractivity (Wildman–Crippen MR) is 73.7 cm³/mol. The molecule has 1 aromatic rings. The molecule has 0 radical (unpaired) electrons. The number of aromatic nitrogens is 2. The molecule has 1 aromatic heterocycles. The predicted octanol–water partition coefficient (Wildman–Crippen LogP) is 0.535. The number of methoxy groups -OCH3 is 1. The van der Waals surface area contributed by atoms with Crippen LogP contribution in [0.2, 0.25) is 0 Å². The standard InChI is InChI=1S/C13H24N4O2/c1-3-4-5-15-13(18)10-17-9-12(16-11-17)8-14-6-7-19-2/h9,11,14H,3-8,10H2,1-2H3,(H,15,18). The maximum Gasteiger partial charge on any atom is 0.239 e. The molecule has 0 saturated carbocycles. The fourth-order valence-corrected chi connectivity index (χ4v) is 1.60. The monoisotopic (exact) mass is 268 g/mol. The lowest BCUT2D eigenvalue weighted by Gasteiger charge is -2.04. The zero-order valence-electron chi connectivity index (χ0n) is 11.8. The summed E-state index contributed by atoms with van der Waals surface area (Å²) in [6.07, 6.45) is 5.68. The molecule has 0 unspecified atom stereocenters. The summed E-state index contributed by atoms with van der Waals surface area (Å²) in [6.45, 7) is 5.34. The molecule has 6 nitrogen and oxygen atoms in total. The van der Waals surface area contributed by atoms with Gasteiger partial charge in [-0.05, 0) is 6.42 Å². The van der Waals surface area contributed by atoms with Gasteiger partial charge in [0.1, 0.15) is 6.54 Å². The van der Waals surface area contributed by atoms with Crippen LogP contribution in [-0.2, 0) is 22.6 Å². The van der Waals surface area contributed by atoms with Crippen molar-refractivity contribution in [1.29, 1.82) is 0 Å². The van der Waals surface area contributed by atoms with Crippen LogP contribution in [0.25, 0.3) is 0 Å². The molecule has 0 atom stereocenters. The molecule has 0 fully saturated rings. The Labute approximate surface area is 114 Å². The van der Waals surface area contributed by atoms with Gasteiger partial charge >= 0.3 is 0 Å². The van der Waals surface area contributed by atoms with Crippen LogP contribution in [0.15, 0.2) is 12.5 Å². The number of unbranched alkanes of at least 4 members (excludes halogenated alkanes) is 1. The molecule has 0 spiro atoms. The summed E-state index contributed by atoms with van der Waals surface area (Å²) < 4.78 is 6.74. The highest BCUT2D eigenvalue weighted by Crippen LogP contribution is 1.96. The van der Waals surface area contributed by atoms with Gasteiger partial charge in [-0.15, -0.1) is 0 Å². The average molecular weight is 268 g/mol. The van der Waals surface area contributed by atoms with Gasteiger partial charge in [-0.25, -0.2) is 4.98 Å². The molecule has 1 rings (SSSR count). The minimum atomic E-state index is 0.0322. The van der Waals surface area contributed by atoms with E-state index in [0.717, 1.165) is 31.6 Å². The molecule has 6 heteroatoms. The Morgan fingerprint density at radius 3 is 3.05 bits per heavy atom. The van der Waals surface area contributed by atoms with E-state index in [2.05, 4.69) is 22.5 Å². The first-order valence-corrected chi connectivity index (χ1v) is 6.73. The highest BCUT2D eigenvalue weighted by atomic mass is 16.5. The SMILES string of the molecule is CCCCNC(=O)Cn1cnc(CNCCOC)c1. The first kappa shape index (κ1) is 15.7. The molecule has 19 heavy (non-hydrogen) atoms. The Hall–Kier alpha value is -1.40. The highest BCUT2D eigenvalue weighted by Gasteiger charge is 2.03. The minimum Gasteiger partial charge on any atom is -0.383 e. The quantitative estimate of drug-likeness (QED) is 0.608. The molecule has 1 heterocycles. The van der Waals surface area contributed by atoms with E-state index < -0.39 is 0 Å². The van der Waals surface area contributed by atoms with Crippen molar-refractivity contribution in [3.8, 4) is 0 Å². The number of hydrogen-bond donors (Lipinski definition) is 2. The molecule has 0 aliphatic rings. The second-order valence-corrected chi connectivity index (χ2v) is 4.41. The topological polar surface area (TPSA) is 68.2 Å². The molecule has 0 saturated heterocycles. The number of imidazole rings is 1. The lowest BCUT2D eigenvalue weighted by molar-refractivity contribution is -0.121. The summed E-state index contributed by atoms with van der Waals surface area (Å²) in [4.78, 5) is 15.8. The fourth-order valence-electron chi connectivity index (χ4n) is 1.60. The van der Waals surface area contributed by atoms with Gasteiger partial charge in [-0.3, -0.25) is 4.79 Å². The number of ether oxygens (including phenoxy) is 1. The van der Waals surface area contributed by atoms with E-state index in [4.69, 9.17) is 4.74 Å². The largest absolute Gasteiger partial charge is 0.383 e. The summed E-state index contributed by atoms with van der Waals surface area (Å²) in [7, 11) is 1.67. The number of nitrogens with one attached hydrogen (secondary N) is 2.